The number of pyridine rings is 1. The van der Waals surface area contributed by atoms with Crippen molar-refractivity contribution in [1.29, 1.82) is 0 Å². The second-order valence-electron chi connectivity index (χ2n) is 6.64. The minimum atomic E-state index is -0.999. The zero-order chi connectivity index (χ0) is 19.4. The summed E-state index contributed by atoms with van der Waals surface area (Å²) in [5.41, 5.74) is 3.26. The number of aliphatic carboxylic acids is 1. The van der Waals surface area contributed by atoms with Gasteiger partial charge in [0, 0.05) is 25.4 Å². The van der Waals surface area contributed by atoms with Crippen LogP contribution in [0.25, 0.3) is 6.08 Å². The number of benzene rings is 1. The van der Waals surface area contributed by atoms with Crippen LogP contribution in [0.2, 0.25) is 5.02 Å². The molecule has 142 valence electrons. The topological polar surface area (TPSA) is 65.5 Å². The van der Waals surface area contributed by atoms with Gasteiger partial charge in [-0.25, -0.2) is 9.78 Å². The third-order valence-corrected chi connectivity index (χ3v) is 6.42. The van der Waals surface area contributed by atoms with Crippen LogP contribution >= 0.6 is 34.2 Å². The van der Waals surface area contributed by atoms with Crippen molar-refractivity contribution in [3.05, 3.63) is 64.3 Å². The standard InChI is InChI=1S/C20H21ClIN3O2/c1-13-3-2-4-15(9-13)12-25-8-7-17(19(25)22)24-20-16(21)10-14(11-23-20)5-6-18(26)27/h2-6,9-11,17,19H,7-8,12H2,1H3,(H,23,24)(H,26,27)/t17-,19?/m1/s1. The highest BCUT2D eigenvalue weighted by Crippen LogP contribution is 2.30. The maximum absolute atomic E-state index is 10.6. The Kier molecular flexibility index (Phi) is 6.73. The number of hydrogen-bond acceptors (Lipinski definition) is 4. The third kappa shape index (κ3) is 5.43. The number of aromatic nitrogens is 1. The fourth-order valence-corrected chi connectivity index (χ4v) is 4.41. The van der Waals surface area contributed by atoms with Crippen LogP contribution in [-0.4, -0.2) is 37.6 Å². The molecular weight excluding hydrogens is 477 g/mol. The minimum absolute atomic E-state index is 0.251. The molecule has 2 atom stereocenters. The summed E-state index contributed by atoms with van der Waals surface area (Å²) in [7, 11) is 0. The number of carboxylic acid groups (broad SMARTS) is 1. The van der Waals surface area contributed by atoms with Crippen molar-refractivity contribution in [2.75, 3.05) is 11.9 Å². The Morgan fingerprint density at radius 2 is 2.30 bits per heavy atom. The number of carboxylic acids is 1. The molecule has 5 nitrogen and oxygen atoms in total. The summed E-state index contributed by atoms with van der Waals surface area (Å²) < 4.78 is 0.326. The number of anilines is 1. The van der Waals surface area contributed by atoms with Crippen LogP contribution in [0.15, 0.2) is 42.6 Å². The van der Waals surface area contributed by atoms with Crippen LogP contribution in [-0.2, 0) is 11.3 Å². The molecule has 2 N–H and O–H groups in total. The average molecular weight is 498 g/mol. The average Bonchev–Trinajstić information content (AvgIpc) is 2.95. The van der Waals surface area contributed by atoms with Gasteiger partial charge in [-0.1, -0.05) is 64.0 Å². The van der Waals surface area contributed by atoms with Crippen LogP contribution in [0.3, 0.4) is 0 Å². The number of nitrogens with zero attached hydrogens (tertiary/aromatic N) is 2. The van der Waals surface area contributed by atoms with Crippen LogP contribution in [0, 0.1) is 6.92 Å². The van der Waals surface area contributed by atoms with Crippen LogP contribution in [0.1, 0.15) is 23.1 Å². The van der Waals surface area contributed by atoms with E-state index in [4.69, 9.17) is 16.7 Å². The summed E-state index contributed by atoms with van der Waals surface area (Å²) in [5.74, 6) is -0.367. The predicted octanol–water partition coefficient (Wildman–Crippen LogP) is 4.59. The normalized spacial score (nSPS) is 20.3. The molecule has 0 saturated carbocycles. The van der Waals surface area contributed by atoms with Crippen molar-refractivity contribution in [3.8, 4) is 0 Å². The molecule has 0 bridgehead atoms. The van der Waals surface area contributed by atoms with Crippen molar-refractivity contribution in [2.45, 2.75) is 30.0 Å². The van der Waals surface area contributed by atoms with Gasteiger partial charge in [-0.15, -0.1) is 0 Å². The molecule has 3 rings (SSSR count). The summed E-state index contributed by atoms with van der Waals surface area (Å²) >= 11 is 8.81. The summed E-state index contributed by atoms with van der Waals surface area (Å²) in [4.78, 5) is 17.4. The van der Waals surface area contributed by atoms with E-state index >= 15 is 0 Å². The second-order valence-corrected chi connectivity index (χ2v) is 8.33. The monoisotopic (exact) mass is 497 g/mol. The molecule has 7 heteroatoms. The van der Waals surface area contributed by atoms with Gasteiger partial charge in [-0.05, 0) is 36.6 Å². The Labute approximate surface area is 177 Å². The Hall–Kier alpha value is -1.64. The van der Waals surface area contributed by atoms with Crippen molar-refractivity contribution in [2.24, 2.45) is 0 Å². The Balaban J connectivity index is 1.63. The van der Waals surface area contributed by atoms with E-state index in [0.29, 0.717) is 20.5 Å². The lowest BCUT2D eigenvalue weighted by Crippen LogP contribution is -2.33. The molecule has 0 spiro atoms. The Morgan fingerprint density at radius 1 is 1.48 bits per heavy atom. The molecule has 0 amide bonds. The first-order valence-electron chi connectivity index (χ1n) is 8.69. The molecule has 1 unspecified atom stereocenters. The Bertz CT molecular complexity index is 859. The molecule has 2 heterocycles. The quantitative estimate of drug-likeness (QED) is 0.265. The number of halogens is 2. The zero-order valence-corrected chi connectivity index (χ0v) is 17.8. The first-order chi connectivity index (χ1) is 12.9. The summed E-state index contributed by atoms with van der Waals surface area (Å²) in [6.45, 7) is 4.05. The maximum atomic E-state index is 10.6. The second kappa shape index (κ2) is 9.03. The first-order valence-corrected chi connectivity index (χ1v) is 10.3. The van der Waals surface area contributed by atoms with Gasteiger partial charge in [-0.2, -0.15) is 0 Å². The van der Waals surface area contributed by atoms with Crippen molar-refractivity contribution < 1.29 is 9.90 Å². The fourth-order valence-electron chi connectivity index (χ4n) is 3.17. The van der Waals surface area contributed by atoms with E-state index in [1.54, 1.807) is 12.3 Å². The van der Waals surface area contributed by atoms with Gasteiger partial charge in [0.1, 0.15) is 5.82 Å². The maximum Gasteiger partial charge on any atom is 0.328 e. The third-order valence-electron chi connectivity index (χ3n) is 4.48. The van der Waals surface area contributed by atoms with E-state index in [1.807, 2.05) is 0 Å². The van der Waals surface area contributed by atoms with E-state index in [1.165, 1.54) is 17.2 Å². The number of nitrogens with one attached hydrogen (secondary N) is 1. The van der Waals surface area contributed by atoms with Crippen LogP contribution in [0.4, 0.5) is 5.82 Å². The molecule has 1 fully saturated rings. The SMILES string of the molecule is Cc1cccc(CN2CC[C@@H](Nc3ncc(C=CC(=O)O)cc3Cl)C2I)c1. The number of rotatable bonds is 6. The predicted molar refractivity (Wildman–Crippen MR) is 117 cm³/mol. The van der Waals surface area contributed by atoms with Crippen LogP contribution in [0.5, 0.6) is 0 Å². The van der Waals surface area contributed by atoms with Gasteiger partial charge in [0.25, 0.3) is 0 Å². The number of carbonyl (C=O) groups is 1. The van der Waals surface area contributed by atoms with E-state index in [0.717, 1.165) is 25.6 Å². The van der Waals surface area contributed by atoms with Crippen molar-refractivity contribution in [1.82, 2.24) is 9.88 Å². The number of alkyl halides is 1. The summed E-state index contributed by atoms with van der Waals surface area (Å²) in [5, 5.41) is 12.6. The van der Waals surface area contributed by atoms with Crippen molar-refractivity contribution >= 4 is 52.1 Å². The van der Waals surface area contributed by atoms with Crippen LogP contribution < -0.4 is 5.32 Å². The molecule has 27 heavy (non-hydrogen) atoms. The lowest BCUT2D eigenvalue weighted by molar-refractivity contribution is -0.131. The van der Waals surface area contributed by atoms with Gasteiger partial charge < -0.3 is 10.4 Å². The highest BCUT2D eigenvalue weighted by atomic mass is 127. The molecule has 1 aliphatic rings. The molecule has 1 aliphatic heterocycles. The van der Waals surface area contributed by atoms with Crippen molar-refractivity contribution in [3.63, 3.8) is 0 Å². The van der Waals surface area contributed by atoms with E-state index in [2.05, 4.69) is 69.0 Å². The lowest BCUT2D eigenvalue weighted by Gasteiger charge is -2.24. The lowest BCUT2D eigenvalue weighted by atomic mass is 10.1. The molecule has 2 aromatic rings. The van der Waals surface area contributed by atoms with E-state index < -0.39 is 5.97 Å². The first kappa shape index (κ1) is 20.1. The van der Waals surface area contributed by atoms with Gasteiger partial charge in [0.2, 0.25) is 0 Å². The molecule has 1 aromatic carbocycles. The highest BCUT2D eigenvalue weighted by molar-refractivity contribution is 14.1. The van der Waals surface area contributed by atoms with Gasteiger partial charge in [0.05, 0.1) is 15.1 Å². The highest BCUT2D eigenvalue weighted by Gasteiger charge is 2.32. The van der Waals surface area contributed by atoms with Gasteiger partial charge in [-0.3, -0.25) is 4.90 Å². The molecule has 1 aromatic heterocycles. The van der Waals surface area contributed by atoms with E-state index in [9.17, 15) is 4.79 Å². The zero-order valence-electron chi connectivity index (χ0n) is 14.9. The Morgan fingerprint density at radius 3 is 3.00 bits per heavy atom. The number of hydrogen-bond donors (Lipinski definition) is 2. The minimum Gasteiger partial charge on any atom is -0.478 e. The largest absolute Gasteiger partial charge is 0.478 e. The summed E-state index contributed by atoms with van der Waals surface area (Å²) in [6, 6.07) is 10.6. The van der Waals surface area contributed by atoms with Gasteiger partial charge in [0.15, 0.2) is 0 Å². The number of aryl methyl sites for hydroxylation is 1. The smallest absolute Gasteiger partial charge is 0.328 e. The molecule has 1 saturated heterocycles. The molecular formula is C20H21ClIN3O2. The molecule has 0 aliphatic carbocycles. The fraction of sp³-hybridized carbons (Fsp3) is 0.300. The number of likely N-dealkylation sites (tertiary alicyclic amines) is 1. The van der Waals surface area contributed by atoms with E-state index in [-0.39, 0.29) is 6.04 Å². The van der Waals surface area contributed by atoms with Gasteiger partial charge >= 0.3 is 5.97 Å². The molecule has 0 radical (unpaired) electrons. The summed E-state index contributed by atoms with van der Waals surface area (Å²) in [6.07, 6.45) is 5.18.